The molecule has 0 amide bonds. The van der Waals surface area contributed by atoms with Gasteiger partial charge in [-0.25, -0.2) is 0 Å². The molecule has 1 saturated carbocycles. The summed E-state index contributed by atoms with van der Waals surface area (Å²) in [7, 11) is 0. The second-order valence-corrected chi connectivity index (χ2v) is 5.66. The molecule has 1 aliphatic rings. The van der Waals surface area contributed by atoms with Crippen LogP contribution in [0.4, 0.5) is 0 Å². The Morgan fingerprint density at radius 2 is 2.42 bits per heavy atom. The van der Waals surface area contributed by atoms with E-state index in [9.17, 15) is 0 Å². The summed E-state index contributed by atoms with van der Waals surface area (Å²) in [4.78, 5) is 4.78. The van der Waals surface area contributed by atoms with Crippen molar-refractivity contribution in [2.45, 2.75) is 43.9 Å². The van der Waals surface area contributed by atoms with Gasteiger partial charge in [0.15, 0.2) is 0 Å². The average molecular weight is 273 g/mol. The summed E-state index contributed by atoms with van der Waals surface area (Å²) in [6.07, 6.45) is 9.47. The van der Waals surface area contributed by atoms with E-state index < -0.39 is 0 Å². The standard InChI is InChI=1S/C15H19N3S/c16-9-3-6-12-5-1-2-8-15(12,14(17)19)13-7-4-10-18-11-13/h4,7,10-12H,1-3,5-6,8H2,(H2,17,19). The summed E-state index contributed by atoms with van der Waals surface area (Å²) in [5.74, 6) is 0.364. The van der Waals surface area contributed by atoms with Gasteiger partial charge in [-0.2, -0.15) is 5.26 Å². The summed E-state index contributed by atoms with van der Waals surface area (Å²) in [6, 6.07) is 6.25. The molecule has 100 valence electrons. The van der Waals surface area contributed by atoms with Crippen LogP contribution in [-0.4, -0.2) is 9.97 Å². The zero-order valence-electron chi connectivity index (χ0n) is 11.0. The molecule has 1 aromatic rings. The predicted octanol–water partition coefficient (Wildman–Crippen LogP) is 3.10. The van der Waals surface area contributed by atoms with Crippen LogP contribution in [0.5, 0.6) is 0 Å². The van der Waals surface area contributed by atoms with Crippen molar-refractivity contribution in [3.63, 3.8) is 0 Å². The van der Waals surface area contributed by atoms with E-state index in [-0.39, 0.29) is 5.41 Å². The number of hydrogen-bond donors (Lipinski definition) is 1. The van der Waals surface area contributed by atoms with Crippen molar-refractivity contribution in [2.75, 3.05) is 0 Å². The smallest absolute Gasteiger partial charge is 0.0838 e. The molecule has 0 saturated heterocycles. The molecule has 0 radical (unpaired) electrons. The van der Waals surface area contributed by atoms with Gasteiger partial charge in [0.1, 0.15) is 0 Å². The number of nitrogens with zero attached hydrogens (tertiary/aromatic N) is 2. The Bertz CT molecular complexity index is 480. The Balaban J connectivity index is 2.41. The van der Waals surface area contributed by atoms with Crippen molar-refractivity contribution in [2.24, 2.45) is 11.7 Å². The maximum absolute atomic E-state index is 8.85. The summed E-state index contributed by atoms with van der Waals surface area (Å²) in [5.41, 5.74) is 6.97. The third kappa shape index (κ3) is 2.62. The highest BCUT2D eigenvalue weighted by Gasteiger charge is 2.44. The Labute approximate surface area is 119 Å². The number of nitrogens with two attached hydrogens (primary N) is 1. The molecule has 0 spiro atoms. The molecule has 0 aliphatic heterocycles. The van der Waals surface area contributed by atoms with E-state index in [4.69, 9.17) is 23.2 Å². The summed E-state index contributed by atoms with van der Waals surface area (Å²) >= 11 is 5.40. The Kier molecular flexibility index (Phi) is 4.49. The third-order valence-electron chi connectivity index (χ3n) is 4.29. The second-order valence-electron chi connectivity index (χ2n) is 5.22. The molecular formula is C15H19N3S. The van der Waals surface area contributed by atoms with Crippen LogP contribution in [0.1, 0.15) is 44.1 Å². The van der Waals surface area contributed by atoms with Crippen LogP contribution < -0.4 is 5.73 Å². The normalized spacial score (nSPS) is 26.6. The highest BCUT2D eigenvalue weighted by molar-refractivity contribution is 7.80. The van der Waals surface area contributed by atoms with Gasteiger partial charge in [-0.15, -0.1) is 0 Å². The lowest BCUT2D eigenvalue weighted by molar-refractivity contribution is 0.241. The third-order valence-corrected chi connectivity index (χ3v) is 4.66. The molecule has 1 aliphatic carbocycles. The highest BCUT2D eigenvalue weighted by Crippen LogP contribution is 2.46. The van der Waals surface area contributed by atoms with E-state index in [1.54, 1.807) is 6.20 Å². The van der Waals surface area contributed by atoms with Crippen LogP contribution in [-0.2, 0) is 5.41 Å². The lowest BCUT2D eigenvalue weighted by Crippen LogP contribution is -2.48. The fourth-order valence-electron chi connectivity index (χ4n) is 3.35. The quantitative estimate of drug-likeness (QED) is 0.856. The van der Waals surface area contributed by atoms with Crippen LogP contribution >= 0.6 is 12.2 Å². The summed E-state index contributed by atoms with van der Waals surface area (Å²) < 4.78 is 0. The lowest BCUT2D eigenvalue weighted by Gasteiger charge is -2.43. The summed E-state index contributed by atoms with van der Waals surface area (Å²) in [6.45, 7) is 0. The van der Waals surface area contributed by atoms with E-state index in [0.29, 0.717) is 17.3 Å². The highest BCUT2D eigenvalue weighted by atomic mass is 32.1. The van der Waals surface area contributed by atoms with Crippen LogP contribution in [0.15, 0.2) is 24.5 Å². The second kappa shape index (κ2) is 6.12. The van der Waals surface area contributed by atoms with Crippen molar-refractivity contribution in [1.29, 1.82) is 5.26 Å². The van der Waals surface area contributed by atoms with E-state index in [1.165, 1.54) is 6.42 Å². The Morgan fingerprint density at radius 1 is 1.58 bits per heavy atom. The molecule has 3 nitrogen and oxygen atoms in total. The SMILES string of the molecule is N#CCCC1CCCCC1(C(N)=S)c1cccnc1. The minimum Gasteiger partial charge on any atom is -0.393 e. The topological polar surface area (TPSA) is 62.7 Å². The molecule has 1 heterocycles. The van der Waals surface area contributed by atoms with Gasteiger partial charge in [-0.3, -0.25) is 4.98 Å². The van der Waals surface area contributed by atoms with Crippen molar-refractivity contribution in [1.82, 2.24) is 4.98 Å². The Morgan fingerprint density at radius 3 is 3.05 bits per heavy atom. The van der Waals surface area contributed by atoms with E-state index >= 15 is 0 Å². The van der Waals surface area contributed by atoms with Crippen molar-refractivity contribution in [3.8, 4) is 6.07 Å². The minimum absolute atomic E-state index is 0.265. The zero-order chi connectivity index (χ0) is 13.7. The number of nitriles is 1. The monoisotopic (exact) mass is 273 g/mol. The van der Waals surface area contributed by atoms with Crippen molar-refractivity contribution >= 4 is 17.2 Å². The number of rotatable bonds is 4. The predicted molar refractivity (Wildman–Crippen MR) is 79.5 cm³/mol. The molecular weight excluding hydrogens is 254 g/mol. The van der Waals surface area contributed by atoms with Crippen molar-refractivity contribution < 1.29 is 0 Å². The average Bonchev–Trinajstić information content (AvgIpc) is 2.46. The van der Waals surface area contributed by atoms with Gasteiger partial charge >= 0.3 is 0 Å². The van der Waals surface area contributed by atoms with Gasteiger partial charge in [0.2, 0.25) is 0 Å². The van der Waals surface area contributed by atoms with Crippen LogP contribution in [0, 0.1) is 17.2 Å². The van der Waals surface area contributed by atoms with Crippen molar-refractivity contribution in [3.05, 3.63) is 30.1 Å². The molecule has 2 atom stereocenters. The number of hydrogen-bond acceptors (Lipinski definition) is 3. The molecule has 4 heteroatoms. The van der Waals surface area contributed by atoms with Crippen LogP contribution in [0.3, 0.4) is 0 Å². The number of thiocarbonyl (C=S) groups is 1. The molecule has 2 rings (SSSR count). The fraction of sp³-hybridized carbons (Fsp3) is 0.533. The number of aromatic nitrogens is 1. The largest absolute Gasteiger partial charge is 0.393 e. The molecule has 0 aromatic carbocycles. The van der Waals surface area contributed by atoms with Crippen LogP contribution in [0.25, 0.3) is 0 Å². The van der Waals surface area contributed by atoms with E-state index in [0.717, 1.165) is 31.2 Å². The van der Waals surface area contributed by atoms with Gasteiger partial charge in [-0.1, -0.05) is 31.1 Å². The van der Waals surface area contributed by atoms with E-state index in [1.807, 2.05) is 12.3 Å². The van der Waals surface area contributed by atoms with Gasteiger partial charge in [0.05, 0.1) is 11.1 Å². The maximum Gasteiger partial charge on any atom is 0.0838 e. The Hall–Kier alpha value is -1.47. The molecule has 2 N–H and O–H groups in total. The van der Waals surface area contributed by atoms with E-state index in [2.05, 4.69) is 17.1 Å². The van der Waals surface area contributed by atoms with Gasteiger partial charge < -0.3 is 5.73 Å². The molecule has 1 fully saturated rings. The van der Waals surface area contributed by atoms with Gasteiger partial charge in [0.25, 0.3) is 0 Å². The number of pyridine rings is 1. The fourth-order valence-corrected chi connectivity index (χ4v) is 3.73. The molecule has 2 unspecified atom stereocenters. The minimum atomic E-state index is -0.265. The zero-order valence-corrected chi connectivity index (χ0v) is 11.8. The molecule has 19 heavy (non-hydrogen) atoms. The van der Waals surface area contributed by atoms with Gasteiger partial charge in [0, 0.05) is 24.2 Å². The lowest BCUT2D eigenvalue weighted by atomic mass is 9.61. The first-order chi connectivity index (χ1) is 9.21. The first-order valence-electron chi connectivity index (χ1n) is 6.79. The molecule has 0 bridgehead atoms. The maximum atomic E-state index is 8.85. The first-order valence-corrected chi connectivity index (χ1v) is 7.20. The van der Waals surface area contributed by atoms with Gasteiger partial charge in [-0.05, 0) is 36.8 Å². The van der Waals surface area contributed by atoms with Crippen LogP contribution in [0.2, 0.25) is 0 Å². The summed E-state index contributed by atoms with van der Waals surface area (Å²) in [5, 5.41) is 8.85. The first kappa shape index (κ1) is 14.0. The molecule has 1 aromatic heterocycles.